The highest BCUT2D eigenvalue weighted by atomic mass is 16.6. The maximum Gasteiger partial charge on any atom is 0.410 e. The molecule has 4 heterocycles. The van der Waals surface area contributed by atoms with Crippen molar-refractivity contribution in [1.82, 2.24) is 25.1 Å². The first-order valence-corrected chi connectivity index (χ1v) is 17.7. The third kappa shape index (κ3) is 8.91. The highest BCUT2D eigenvalue weighted by molar-refractivity contribution is 5.95. The van der Waals surface area contributed by atoms with E-state index in [2.05, 4.69) is 20.5 Å². The molecule has 1 aliphatic carbocycles. The Balaban J connectivity index is 1.16. The molecule has 2 aromatic heterocycles. The van der Waals surface area contributed by atoms with Crippen molar-refractivity contribution >= 4 is 29.5 Å². The van der Waals surface area contributed by atoms with Crippen LogP contribution in [0, 0.1) is 6.92 Å². The summed E-state index contributed by atoms with van der Waals surface area (Å²) in [5.41, 5.74) is 2.26. The molecule has 1 saturated heterocycles. The summed E-state index contributed by atoms with van der Waals surface area (Å²) in [6.07, 6.45) is 3.34. The number of nitrogens with one attached hydrogen (secondary N) is 2. The predicted octanol–water partition coefficient (Wildman–Crippen LogP) is 4.04. The van der Waals surface area contributed by atoms with Gasteiger partial charge in [0.25, 0.3) is 5.91 Å². The lowest BCUT2D eigenvalue weighted by Crippen LogP contribution is -2.54. The Morgan fingerprint density at radius 1 is 1.08 bits per heavy atom. The van der Waals surface area contributed by atoms with E-state index in [4.69, 9.17) is 18.9 Å². The molecule has 2 atom stereocenters. The van der Waals surface area contributed by atoms with E-state index in [1.54, 1.807) is 44.7 Å². The number of anilines is 2. The smallest absolute Gasteiger partial charge is 0.410 e. The predicted molar refractivity (Wildman–Crippen MR) is 190 cm³/mol. The maximum atomic E-state index is 13.7. The molecular formula is C37H49N7O7. The molecule has 14 nitrogen and oxygen atoms in total. The van der Waals surface area contributed by atoms with Crippen LogP contribution in [0.3, 0.4) is 0 Å². The van der Waals surface area contributed by atoms with Crippen molar-refractivity contribution in [3.05, 3.63) is 64.9 Å². The molecule has 2 fully saturated rings. The number of hydrogen-bond donors (Lipinski definition) is 3. The topological polar surface area (TPSA) is 163 Å². The van der Waals surface area contributed by atoms with Crippen LogP contribution < -0.4 is 20.3 Å². The molecule has 1 saturated carbocycles. The normalized spacial score (nSPS) is 18.4. The molecule has 3 N–H and O–H groups in total. The van der Waals surface area contributed by atoms with E-state index in [-0.39, 0.29) is 31.5 Å². The number of aliphatic hydroxyl groups excluding tert-OH is 1. The van der Waals surface area contributed by atoms with Gasteiger partial charge in [0.1, 0.15) is 29.6 Å². The van der Waals surface area contributed by atoms with Gasteiger partial charge in [0.05, 0.1) is 17.8 Å². The van der Waals surface area contributed by atoms with Crippen LogP contribution in [0.1, 0.15) is 79.9 Å². The summed E-state index contributed by atoms with van der Waals surface area (Å²) in [6, 6.07) is 8.83. The average Bonchev–Trinajstić information content (AvgIpc) is 3.50. The molecule has 3 amide bonds. The Hall–Kier alpha value is -4.85. The molecule has 0 radical (unpaired) electrons. The van der Waals surface area contributed by atoms with Gasteiger partial charge in [-0.1, -0.05) is 6.07 Å². The average molecular weight is 704 g/mol. The number of aliphatic hydroxyl groups is 1. The summed E-state index contributed by atoms with van der Waals surface area (Å²) >= 11 is 0. The Labute approximate surface area is 298 Å². The second-order valence-corrected chi connectivity index (χ2v) is 14.6. The van der Waals surface area contributed by atoms with Crippen molar-refractivity contribution < 1.29 is 33.4 Å². The van der Waals surface area contributed by atoms with Gasteiger partial charge in [-0.3, -0.25) is 14.5 Å². The van der Waals surface area contributed by atoms with Crippen molar-refractivity contribution in [1.29, 1.82) is 0 Å². The standard InChI is InChI=1S/C37H49N7O7/c1-23-32(50-22-39-23)21-49-29-10-9-25-16-30(44(20-27(25)15-29)36(48)51-37(3,4)5)31(46)19-38-35(47)26-17-33(40-28-7-6-8-28)41-34(18-26)43-13-11-42(12-14-43)24(2)45/h9-10,15,17-18,22,28,30-31,46H,6-8,11-14,16,19-21H2,1-5H3,(H,38,47)(H,40,41)/t30?,31-/m1/s1. The molecule has 2 aliphatic heterocycles. The van der Waals surface area contributed by atoms with E-state index in [9.17, 15) is 19.5 Å². The SMILES string of the molecule is CC(=O)N1CCN(c2cc(C(=O)NC[C@@H](O)C3Cc4ccc(OCc5ocnc5C)cc4CN3C(=O)OC(C)(C)C)cc(NC3CCC3)n2)CC1. The molecule has 0 bridgehead atoms. The molecule has 14 heteroatoms. The largest absolute Gasteiger partial charge is 0.486 e. The summed E-state index contributed by atoms with van der Waals surface area (Å²) in [4.78, 5) is 53.4. The lowest BCUT2D eigenvalue weighted by molar-refractivity contribution is -0.129. The zero-order chi connectivity index (χ0) is 36.3. The van der Waals surface area contributed by atoms with Gasteiger partial charge in [0.2, 0.25) is 5.91 Å². The third-order valence-corrected chi connectivity index (χ3v) is 9.69. The summed E-state index contributed by atoms with van der Waals surface area (Å²) < 4.78 is 17.1. The number of hydrogen-bond acceptors (Lipinski definition) is 11. The van der Waals surface area contributed by atoms with E-state index in [0.29, 0.717) is 67.4 Å². The van der Waals surface area contributed by atoms with Crippen LogP contribution in [0.25, 0.3) is 0 Å². The Morgan fingerprint density at radius 2 is 1.84 bits per heavy atom. The van der Waals surface area contributed by atoms with Gasteiger partial charge >= 0.3 is 6.09 Å². The molecular weight excluding hydrogens is 654 g/mol. The molecule has 1 unspecified atom stereocenters. The minimum atomic E-state index is -1.09. The van der Waals surface area contributed by atoms with Gasteiger partial charge < -0.3 is 39.4 Å². The lowest BCUT2D eigenvalue weighted by Gasteiger charge is -2.40. The molecule has 3 aliphatic rings. The van der Waals surface area contributed by atoms with Crippen LogP contribution in [0.2, 0.25) is 0 Å². The van der Waals surface area contributed by atoms with E-state index >= 15 is 0 Å². The Kier molecular flexibility index (Phi) is 10.7. The van der Waals surface area contributed by atoms with E-state index in [0.717, 1.165) is 36.1 Å². The molecule has 0 spiro atoms. The number of aryl methyl sites for hydroxylation is 1. The van der Waals surface area contributed by atoms with Crippen LogP contribution in [-0.2, 0) is 29.1 Å². The maximum absolute atomic E-state index is 13.7. The first kappa shape index (κ1) is 36.0. The Morgan fingerprint density at radius 3 is 2.49 bits per heavy atom. The van der Waals surface area contributed by atoms with Crippen LogP contribution in [0.4, 0.5) is 16.4 Å². The fourth-order valence-corrected chi connectivity index (χ4v) is 6.48. The first-order valence-electron chi connectivity index (χ1n) is 17.7. The number of piperazine rings is 1. The van der Waals surface area contributed by atoms with Crippen LogP contribution >= 0.6 is 0 Å². The number of pyridine rings is 1. The van der Waals surface area contributed by atoms with Gasteiger partial charge in [-0.2, -0.15) is 0 Å². The van der Waals surface area contributed by atoms with Gasteiger partial charge in [0, 0.05) is 57.8 Å². The highest BCUT2D eigenvalue weighted by Gasteiger charge is 2.37. The van der Waals surface area contributed by atoms with Crippen molar-refractivity contribution in [2.24, 2.45) is 0 Å². The second-order valence-electron chi connectivity index (χ2n) is 14.6. The van der Waals surface area contributed by atoms with E-state index in [1.165, 1.54) is 11.3 Å². The number of rotatable bonds is 10. The van der Waals surface area contributed by atoms with E-state index < -0.39 is 23.8 Å². The lowest BCUT2D eigenvalue weighted by atomic mass is 9.91. The van der Waals surface area contributed by atoms with Crippen LogP contribution in [-0.4, -0.2) is 99.3 Å². The fraction of sp³-hybridized carbons (Fsp3) is 0.541. The van der Waals surface area contributed by atoms with Crippen molar-refractivity contribution in [2.75, 3.05) is 42.9 Å². The second kappa shape index (κ2) is 15.2. The molecule has 3 aromatic rings. The summed E-state index contributed by atoms with van der Waals surface area (Å²) in [5, 5.41) is 17.9. The zero-order valence-electron chi connectivity index (χ0n) is 30.1. The highest BCUT2D eigenvalue weighted by Crippen LogP contribution is 2.31. The number of benzene rings is 1. The molecule has 1 aromatic carbocycles. The number of aromatic nitrogens is 2. The van der Waals surface area contributed by atoms with Gasteiger partial charge in [-0.15, -0.1) is 0 Å². The zero-order valence-corrected chi connectivity index (χ0v) is 30.1. The molecule has 6 rings (SSSR count). The summed E-state index contributed by atoms with van der Waals surface area (Å²) in [7, 11) is 0. The van der Waals surface area contributed by atoms with Crippen molar-refractivity contribution in [2.45, 2.75) is 97.2 Å². The number of ether oxygens (including phenoxy) is 2. The fourth-order valence-electron chi connectivity index (χ4n) is 6.48. The first-order chi connectivity index (χ1) is 24.3. The number of amides is 3. The Bertz CT molecular complexity index is 1730. The minimum absolute atomic E-state index is 0.0428. The minimum Gasteiger partial charge on any atom is -0.486 e. The number of carbonyl (C=O) groups is 3. The monoisotopic (exact) mass is 703 g/mol. The number of fused-ring (bicyclic) bond motifs is 1. The van der Waals surface area contributed by atoms with Crippen molar-refractivity contribution in [3.63, 3.8) is 0 Å². The number of carbonyl (C=O) groups excluding carboxylic acids is 3. The van der Waals surface area contributed by atoms with E-state index in [1.807, 2.05) is 25.1 Å². The number of oxazole rings is 1. The third-order valence-electron chi connectivity index (χ3n) is 9.69. The molecule has 51 heavy (non-hydrogen) atoms. The van der Waals surface area contributed by atoms with Crippen molar-refractivity contribution in [3.8, 4) is 5.75 Å². The quantitative estimate of drug-likeness (QED) is 0.279. The van der Waals surface area contributed by atoms with Crippen LogP contribution in [0.15, 0.2) is 41.1 Å². The van der Waals surface area contributed by atoms with Gasteiger partial charge in [-0.25, -0.2) is 14.8 Å². The van der Waals surface area contributed by atoms with Crippen LogP contribution in [0.5, 0.6) is 5.75 Å². The summed E-state index contributed by atoms with van der Waals surface area (Å²) in [6.45, 7) is 11.5. The van der Waals surface area contributed by atoms with Gasteiger partial charge in [-0.05, 0) is 88.8 Å². The molecule has 274 valence electrons. The summed E-state index contributed by atoms with van der Waals surface area (Å²) in [5.74, 6) is 2.21. The number of nitrogens with zero attached hydrogens (tertiary/aromatic N) is 5. The van der Waals surface area contributed by atoms with Gasteiger partial charge in [0.15, 0.2) is 12.2 Å².